The Balaban J connectivity index is 1.81. The maximum absolute atomic E-state index is 12.4. The molecule has 1 N–H and O–H groups in total. The minimum Gasteiger partial charge on any atom is -0.497 e. The highest BCUT2D eigenvalue weighted by Crippen LogP contribution is 2.26. The molecule has 0 aliphatic heterocycles. The van der Waals surface area contributed by atoms with Crippen LogP contribution in [0.1, 0.15) is 25.7 Å². The molecule has 0 radical (unpaired) electrons. The van der Waals surface area contributed by atoms with Crippen LogP contribution in [-0.2, 0) is 10.0 Å². The van der Waals surface area contributed by atoms with Crippen molar-refractivity contribution in [2.24, 2.45) is 0 Å². The van der Waals surface area contributed by atoms with Gasteiger partial charge in [-0.25, -0.2) is 0 Å². The van der Waals surface area contributed by atoms with Crippen molar-refractivity contribution < 1.29 is 22.0 Å². The highest BCUT2D eigenvalue weighted by molar-refractivity contribution is 7.92. The summed E-state index contributed by atoms with van der Waals surface area (Å²) in [4.78, 5) is 0. The Labute approximate surface area is 144 Å². The van der Waals surface area contributed by atoms with Gasteiger partial charge >= 0.3 is 0 Å². The molecule has 9 heteroatoms. The normalized spacial score (nSPS) is 11.7. The van der Waals surface area contributed by atoms with E-state index in [0.29, 0.717) is 17.3 Å². The van der Waals surface area contributed by atoms with Crippen LogP contribution in [0.15, 0.2) is 50.3 Å². The number of benzene rings is 1. The van der Waals surface area contributed by atoms with Crippen LogP contribution in [0, 0.1) is 0 Å². The third kappa shape index (κ3) is 3.66. The molecule has 25 heavy (non-hydrogen) atoms. The van der Waals surface area contributed by atoms with Crippen LogP contribution < -0.4 is 9.46 Å². The first-order valence-electron chi connectivity index (χ1n) is 7.49. The summed E-state index contributed by atoms with van der Waals surface area (Å²) >= 11 is 0. The van der Waals surface area contributed by atoms with E-state index in [1.54, 1.807) is 24.3 Å². The lowest BCUT2D eigenvalue weighted by Gasteiger charge is -2.06. The van der Waals surface area contributed by atoms with E-state index in [9.17, 15) is 8.42 Å². The molecule has 0 fully saturated rings. The fourth-order valence-electron chi connectivity index (χ4n) is 2.01. The van der Waals surface area contributed by atoms with E-state index in [0.717, 1.165) is 0 Å². The average Bonchev–Trinajstić information content (AvgIpc) is 3.24. The fourth-order valence-corrected chi connectivity index (χ4v) is 3.01. The van der Waals surface area contributed by atoms with Crippen molar-refractivity contribution in [1.82, 2.24) is 10.2 Å². The molecular weight excluding hydrogens is 346 g/mol. The summed E-state index contributed by atoms with van der Waals surface area (Å²) in [6, 6.07) is 9.29. The van der Waals surface area contributed by atoms with Crippen LogP contribution in [0.5, 0.6) is 5.75 Å². The number of aromatic nitrogens is 2. The zero-order chi connectivity index (χ0) is 18.0. The predicted molar refractivity (Wildman–Crippen MR) is 89.9 cm³/mol. The van der Waals surface area contributed by atoms with Crippen molar-refractivity contribution >= 4 is 15.7 Å². The summed E-state index contributed by atoms with van der Waals surface area (Å²) in [7, 11) is -2.34. The molecule has 8 nitrogen and oxygen atoms in total. The lowest BCUT2D eigenvalue weighted by atomic mass is 10.2. The first-order valence-corrected chi connectivity index (χ1v) is 8.98. The van der Waals surface area contributed by atoms with E-state index in [1.807, 2.05) is 13.8 Å². The summed E-state index contributed by atoms with van der Waals surface area (Å²) in [5, 5.41) is 7.51. The van der Waals surface area contributed by atoms with Crippen molar-refractivity contribution in [3.8, 4) is 17.4 Å². The second-order valence-electron chi connectivity index (χ2n) is 5.55. The second kappa shape index (κ2) is 6.60. The molecule has 1 aromatic carbocycles. The Bertz CT molecular complexity index is 958. The topological polar surface area (TPSA) is 107 Å². The molecule has 2 aromatic heterocycles. The van der Waals surface area contributed by atoms with Gasteiger partial charge in [-0.15, -0.1) is 10.2 Å². The standard InChI is InChI=1S/C16H17N3O5S/c1-10(2)15-17-18-16(24-15)13-8-9-14(23-13)25(20,21)19-11-4-6-12(22-3)7-5-11/h4-10,19H,1-3H3. The highest BCUT2D eigenvalue weighted by atomic mass is 32.2. The van der Waals surface area contributed by atoms with Gasteiger partial charge in [-0.05, 0) is 36.4 Å². The van der Waals surface area contributed by atoms with E-state index in [1.165, 1.54) is 19.2 Å². The quantitative estimate of drug-likeness (QED) is 0.716. The number of hydrogen-bond donors (Lipinski definition) is 1. The van der Waals surface area contributed by atoms with E-state index < -0.39 is 10.0 Å². The number of sulfonamides is 1. The number of nitrogens with zero attached hydrogens (tertiary/aromatic N) is 2. The maximum atomic E-state index is 12.4. The van der Waals surface area contributed by atoms with Crippen LogP contribution in [0.3, 0.4) is 0 Å². The van der Waals surface area contributed by atoms with Crippen LogP contribution >= 0.6 is 0 Å². The van der Waals surface area contributed by atoms with E-state index >= 15 is 0 Å². The first-order chi connectivity index (χ1) is 11.9. The molecule has 132 valence electrons. The summed E-state index contributed by atoms with van der Waals surface area (Å²) in [5.74, 6) is 1.47. The largest absolute Gasteiger partial charge is 0.497 e. The molecule has 0 bridgehead atoms. The van der Waals surface area contributed by atoms with Crippen molar-refractivity contribution in [2.45, 2.75) is 24.9 Å². The molecule has 0 aliphatic rings. The van der Waals surface area contributed by atoms with Crippen LogP contribution in [0.25, 0.3) is 11.7 Å². The number of nitrogens with one attached hydrogen (secondary N) is 1. The SMILES string of the molecule is COc1ccc(NS(=O)(=O)c2ccc(-c3nnc(C(C)C)o3)o2)cc1. The van der Waals surface area contributed by atoms with Gasteiger partial charge in [-0.2, -0.15) is 8.42 Å². The van der Waals surface area contributed by atoms with Gasteiger partial charge in [0.2, 0.25) is 11.0 Å². The molecule has 0 atom stereocenters. The Morgan fingerprint density at radius 3 is 2.36 bits per heavy atom. The van der Waals surface area contributed by atoms with Crippen molar-refractivity contribution in [2.75, 3.05) is 11.8 Å². The molecule has 0 aliphatic carbocycles. The second-order valence-corrected chi connectivity index (χ2v) is 7.17. The van der Waals surface area contributed by atoms with Gasteiger partial charge in [0, 0.05) is 11.6 Å². The smallest absolute Gasteiger partial charge is 0.295 e. The summed E-state index contributed by atoms with van der Waals surface area (Å²) in [6.45, 7) is 3.82. The molecule has 0 unspecified atom stereocenters. The minimum absolute atomic E-state index is 0.0659. The van der Waals surface area contributed by atoms with Crippen LogP contribution in [0.2, 0.25) is 0 Å². The van der Waals surface area contributed by atoms with Crippen molar-refractivity contribution in [3.05, 3.63) is 42.3 Å². The van der Waals surface area contributed by atoms with Gasteiger partial charge in [-0.1, -0.05) is 13.8 Å². The number of hydrogen-bond acceptors (Lipinski definition) is 7. The predicted octanol–water partition coefficient (Wildman–Crippen LogP) is 3.26. The monoisotopic (exact) mass is 363 g/mol. The number of anilines is 1. The number of ether oxygens (including phenoxy) is 1. The summed E-state index contributed by atoms with van der Waals surface area (Å²) < 4.78 is 43.1. The summed E-state index contributed by atoms with van der Waals surface area (Å²) in [5.41, 5.74) is 0.388. The first kappa shape index (κ1) is 17.0. The Kier molecular flexibility index (Phi) is 4.49. The lowest BCUT2D eigenvalue weighted by Crippen LogP contribution is -2.11. The van der Waals surface area contributed by atoms with Gasteiger partial charge in [-0.3, -0.25) is 4.72 Å². The van der Waals surface area contributed by atoms with Gasteiger partial charge in [0.25, 0.3) is 15.9 Å². The Morgan fingerprint density at radius 1 is 1.04 bits per heavy atom. The molecule has 2 heterocycles. The summed E-state index contributed by atoms with van der Waals surface area (Å²) in [6.07, 6.45) is 0. The number of rotatable bonds is 6. The van der Waals surface area contributed by atoms with E-state index in [2.05, 4.69) is 14.9 Å². The lowest BCUT2D eigenvalue weighted by molar-refractivity contribution is 0.415. The average molecular weight is 363 g/mol. The Hall–Kier alpha value is -2.81. The Morgan fingerprint density at radius 2 is 1.76 bits per heavy atom. The molecular formula is C16H17N3O5S. The van der Waals surface area contributed by atoms with Gasteiger partial charge in [0.1, 0.15) is 5.75 Å². The third-order valence-corrected chi connectivity index (χ3v) is 4.59. The van der Waals surface area contributed by atoms with Gasteiger partial charge < -0.3 is 13.6 Å². The molecule has 0 saturated carbocycles. The van der Waals surface area contributed by atoms with Crippen LogP contribution in [-0.4, -0.2) is 25.7 Å². The molecule has 3 rings (SSSR count). The van der Waals surface area contributed by atoms with E-state index in [-0.39, 0.29) is 22.7 Å². The maximum Gasteiger partial charge on any atom is 0.295 e. The van der Waals surface area contributed by atoms with E-state index in [4.69, 9.17) is 13.6 Å². The fraction of sp³-hybridized carbons (Fsp3) is 0.250. The molecule has 0 amide bonds. The van der Waals surface area contributed by atoms with Crippen LogP contribution in [0.4, 0.5) is 5.69 Å². The van der Waals surface area contributed by atoms with Crippen molar-refractivity contribution in [3.63, 3.8) is 0 Å². The number of methoxy groups -OCH3 is 1. The highest BCUT2D eigenvalue weighted by Gasteiger charge is 2.22. The number of furan rings is 1. The third-order valence-electron chi connectivity index (χ3n) is 3.33. The van der Waals surface area contributed by atoms with Crippen molar-refractivity contribution in [1.29, 1.82) is 0 Å². The zero-order valence-corrected chi connectivity index (χ0v) is 14.7. The molecule has 3 aromatic rings. The molecule has 0 spiro atoms. The zero-order valence-electron chi connectivity index (χ0n) is 13.9. The van der Waals surface area contributed by atoms with Gasteiger partial charge in [0.15, 0.2) is 5.76 Å². The molecule has 0 saturated heterocycles. The minimum atomic E-state index is -3.88. The van der Waals surface area contributed by atoms with Gasteiger partial charge in [0.05, 0.1) is 7.11 Å².